The molecule has 0 aromatic heterocycles. The number of nitrogens with zero attached hydrogens (tertiary/aromatic N) is 1. The molecule has 3 fully saturated rings. The molecule has 7 atom stereocenters. The van der Waals surface area contributed by atoms with Gasteiger partial charge in [0.05, 0.1) is 37.2 Å². The number of likely N-dealkylation sites (tertiary alicyclic amines) is 1. The standard InChI is InChI=1S/C26H35BrN2O6/c1-6-34-25(33)19-20-24(32)29(16(12-30)9-13(2)3)22(26(20)11-17(27)21(19)35-26)23(31)28-18-10-14(4)7-8-15(18)5/h7-8,10,13,16-17,19-22,30H,6,9,11-12H2,1-5H3,(H,28,31)/t16-,17?,19-,20+,21-,22?,26?/m1/s1. The number of esters is 1. The molecule has 0 aliphatic carbocycles. The van der Waals surface area contributed by atoms with Crippen LogP contribution in [0.5, 0.6) is 0 Å². The highest BCUT2D eigenvalue weighted by Crippen LogP contribution is 2.60. The Hall–Kier alpha value is -1.97. The van der Waals surface area contributed by atoms with Crippen molar-refractivity contribution in [3.63, 3.8) is 0 Å². The minimum Gasteiger partial charge on any atom is -0.466 e. The number of aryl methyl sites for hydroxylation is 2. The van der Waals surface area contributed by atoms with Gasteiger partial charge in [0.1, 0.15) is 11.6 Å². The van der Waals surface area contributed by atoms with Gasteiger partial charge in [0, 0.05) is 10.5 Å². The minimum absolute atomic E-state index is 0.183. The highest BCUT2D eigenvalue weighted by molar-refractivity contribution is 9.09. The molecule has 192 valence electrons. The van der Waals surface area contributed by atoms with Crippen molar-refractivity contribution in [3.8, 4) is 0 Å². The molecule has 2 bridgehead atoms. The summed E-state index contributed by atoms with van der Waals surface area (Å²) in [5.74, 6) is -2.65. The van der Waals surface area contributed by atoms with E-state index in [0.29, 0.717) is 18.5 Å². The summed E-state index contributed by atoms with van der Waals surface area (Å²) < 4.78 is 11.8. The summed E-state index contributed by atoms with van der Waals surface area (Å²) in [5.41, 5.74) is 1.38. The Morgan fingerprint density at radius 2 is 2.06 bits per heavy atom. The molecular weight excluding hydrogens is 516 g/mol. The summed E-state index contributed by atoms with van der Waals surface area (Å²) in [7, 11) is 0. The van der Waals surface area contributed by atoms with Crippen LogP contribution in [0.15, 0.2) is 18.2 Å². The zero-order valence-corrected chi connectivity index (χ0v) is 22.5. The molecule has 2 amide bonds. The third-order valence-corrected chi connectivity index (χ3v) is 8.38. The first-order chi connectivity index (χ1) is 16.5. The molecule has 8 nitrogen and oxygen atoms in total. The molecular formula is C26H35BrN2O6. The fourth-order valence-electron chi connectivity index (χ4n) is 6.16. The van der Waals surface area contributed by atoms with Gasteiger partial charge in [0.25, 0.3) is 0 Å². The maximum absolute atomic E-state index is 14.0. The van der Waals surface area contributed by atoms with Crippen LogP contribution in [-0.2, 0) is 23.9 Å². The summed E-state index contributed by atoms with van der Waals surface area (Å²) in [5, 5.41) is 13.3. The van der Waals surface area contributed by atoms with Crippen molar-refractivity contribution in [3.05, 3.63) is 29.3 Å². The van der Waals surface area contributed by atoms with Crippen molar-refractivity contribution in [2.45, 2.75) is 76.1 Å². The number of nitrogens with one attached hydrogen (secondary N) is 1. The van der Waals surface area contributed by atoms with E-state index in [-0.39, 0.29) is 35.8 Å². The molecule has 3 saturated heterocycles. The molecule has 1 spiro atoms. The first-order valence-corrected chi connectivity index (χ1v) is 13.3. The molecule has 4 rings (SSSR count). The van der Waals surface area contributed by atoms with E-state index in [1.165, 1.54) is 4.90 Å². The molecule has 1 aromatic rings. The first-order valence-electron chi connectivity index (χ1n) is 12.3. The smallest absolute Gasteiger partial charge is 0.312 e. The van der Waals surface area contributed by atoms with Crippen LogP contribution >= 0.6 is 15.9 Å². The number of carbonyl (C=O) groups excluding carboxylic acids is 3. The lowest BCUT2D eigenvalue weighted by molar-refractivity contribution is -0.155. The van der Waals surface area contributed by atoms with E-state index in [0.717, 1.165) is 11.1 Å². The first kappa shape index (κ1) is 26.1. The number of amides is 2. The monoisotopic (exact) mass is 550 g/mol. The molecule has 3 heterocycles. The quantitative estimate of drug-likeness (QED) is 0.381. The predicted octanol–water partition coefficient (Wildman–Crippen LogP) is 2.96. The van der Waals surface area contributed by atoms with Crippen molar-refractivity contribution >= 4 is 39.4 Å². The third kappa shape index (κ3) is 4.29. The summed E-state index contributed by atoms with van der Waals surface area (Å²) in [6.45, 7) is 9.49. The van der Waals surface area contributed by atoms with Crippen molar-refractivity contribution < 1.29 is 29.0 Å². The van der Waals surface area contributed by atoms with Gasteiger partial charge in [-0.15, -0.1) is 0 Å². The maximum Gasteiger partial charge on any atom is 0.312 e. The number of aliphatic hydroxyl groups excluding tert-OH is 1. The number of hydrogen-bond acceptors (Lipinski definition) is 6. The normalized spacial score (nSPS) is 32.2. The number of fused-ring (bicyclic) bond motifs is 1. The second kappa shape index (κ2) is 9.82. The number of carbonyl (C=O) groups is 3. The highest BCUT2D eigenvalue weighted by atomic mass is 79.9. The van der Waals surface area contributed by atoms with Crippen molar-refractivity contribution in [2.24, 2.45) is 17.8 Å². The zero-order valence-electron chi connectivity index (χ0n) is 20.9. The largest absolute Gasteiger partial charge is 0.466 e. The lowest BCUT2D eigenvalue weighted by Gasteiger charge is -2.37. The van der Waals surface area contributed by atoms with E-state index >= 15 is 0 Å². The fourth-order valence-corrected chi connectivity index (χ4v) is 7.10. The Morgan fingerprint density at radius 1 is 1.34 bits per heavy atom. The fraction of sp³-hybridized carbons (Fsp3) is 0.654. The average Bonchev–Trinajstić information content (AvgIpc) is 3.38. The number of aliphatic hydroxyl groups is 1. The van der Waals surface area contributed by atoms with E-state index in [2.05, 4.69) is 21.2 Å². The van der Waals surface area contributed by atoms with E-state index in [4.69, 9.17) is 9.47 Å². The van der Waals surface area contributed by atoms with Gasteiger partial charge >= 0.3 is 5.97 Å². The summed E-state index contributed by atoms with van der Waals surface area (Å²) in [6.07, 6.45) is 0.369. The highest BCUT2D eigenvalue weighted by Gasteiger charge is 2.77. The van der Waals surface area contributed by atoms with Crippen LogP contribution in [0.2, 0.25) is 0 Å². The van der Waals surface area contributed by atoms with Gasteiger partial charge < -0.3 is 24.8 Å². The number of ether oxygens (including phenoxy) is 2. The van der Waals surface area contributed by atoms with Crippen LogP contribution in [0.4, 0.5) is 5.69 Å². The maximum atomic E-state index is 14.0. The topological polar surface area (TPSA) is 105 Å². The van der Waals surface area contributed by atoms with Crippen LogP contribution in [-0.4, -0.2) is 69.6 Å². The summed E-state index contributed by atoms with van der Waals surface area (Å²) >= 11 is 3.64. The van der Waals surface area contributed by atoms with Crippen LogP contribution in [0.1, 0.15) is 44.7 Å². The SMILES string of the molecule is CCOC(=O)[C@H]1[C@@H]2OC3(CC2Br)C(C(=O)Nc2cc(C)ccc2C)N([C@@H](CO)CC(C)C)C(=O)[C@H]13. The number of rotatable bonds is 8. The Balaban J connectivity index is 1.79. The molecule has 0 saturated carbocycles. The van der Waals surface area contributed by atoms with Crippen molar-refractivity contribution in [1.29, 1.82) is 0 Å². The summed E-state index contributed by atoms with van der Waals surface area (Å²) in [6, 6.07) is 4.23. The van der Waals surface area contributed by atoms with Crippen LogP contribution in [0, 0.1) is 31.6 Å². The van der Waals surface area contributed by atoms with Gasteiger partial charge in [0.15, 0.2) is 0 Å². The lowest BCUT2D eigenvalue weighted by Crippen LogP contribution is -2.56. The number of benzene rings is 1. The molecule has 3 aliphatic heterocycles. The summed E-state index contributed by atoms with van der Waals surface area (Å²) in [4.78, 5) is 42.3. The van der Waals surface area contributed by atoms with Crippen molar-refractivity contribution in [2.75, 3.05) is 18.5 Å². The molecule has 2 N–H and O–H groups in total. The van der Waals surface area contributed by atoms with E-state index in [1.54, 1.807) is 6.92 Å². The van der Waals surface area contributed by atoms with E-state index in [1.807, 2.05) is 45.9 Å². The van der Waals surface area contributed by atoms with Gasteiger partial charge in [-0.25, -0.2) is 0 Å². The third-order valence-electron chi connectivity index (χ3n) is 7.53. The molecule has 9 heteroatoms. The number of anilines is 1. The number of alkyl halides is 1. The Morgan fingerprint density at radius 3 is 2.69 bits per heavy atom. The average molecular weight is 551 g/mol. The van der Waals surface area contributed by atoms with Gasteiger partial charge in [-0.05, 0) is 56.7 Å². The van der Waals surface area contributed by atoms with Crippen LogP contribution in [0.25, 0.3) is 0 Å². The van der Waals surface area contributed by atoms with Gasteiger partial charge in [0.2, 0.25) is 11.8 Å². The van der Waals surface area contributed by atoms with Gasteiger partial charge in [-0.3, -0.25) is 14.4 Å². The Kier molecular flexibility index (Phi) is 7.33. The van der Waals surface area contributed by atoms with Crippen molar-refractivity contribution in [1.82, 2.24) is 4.90 Å². The molecule has 1 aromatic carbocycles. The predicted molar refractivity (Wildman–Crippen MR) is 134 cm³/mol. The minimum atomic E-state index is -1.18. The Bertz CT molecular complexity index is 1020. The van der Waals surface area contributed by atoms with E-state index in [9.17, 15) is 19.5 Å². The Labute approximate surface area is 214 Å². The second-order valence-corrected chi connectivity index (χ2v) is 11.6. The molecule has 35 heavy (non-hydrogen) atoms. The van der Waals surface area contributed by atoms with Gasteiger partial charge in [-0.1, -0.05) is 41.9 Å². The molecule has 3 unspecified atom stereocenters. The van der Waals surface area contributed by atoms with E-state index < -0.39 is 41.6 Å². The number of hydrogen-bond donors (Lipinski definition) is 2. The van der Waals surface area contributed by atoms with Crippen LogP contribution in [0.3, 0.4) is 0 Å². The van der Waals surface area contributed by atoms with Crippen LogP contribution < -0.4 is 5.32 Å². The number of halogens is 1. The lowest BCUT2D eigenvalue weighted by atomic mass is 9.70. The van der Waals surface area contributed by atoms with Gasteiger partial charge in [-0.2, -0.15) is 0 Å². The zero-order chi connectivity index (χ0) is 25.7. The molecule has 3 aliphatic rings. The second-order valence-electron chi connectivity index (χ2n) is 10.4. The molecule has 0 radical (unpaired) electrons.